The van der Waals surface area contributed by atoms with E-state index < -0.39 is 33.7 Å². The summed E-state index contributed by atoms with van der Waals surface area (Å²) >= 11 is 8.87. The van der Waals surface area contributed by atoms with Crippen molar-refractivity contribution in [1.29, 1.82) is 0 Å². The van der Waals surface area contributed by atoms with Gasteiger partial charge in [0.25, 0.3) is 0 Å². The Hall–Kier alpha value is -2.57. The van der Waals surface area contributed by atoms with Crippen molar-refractivity contribution in [2.45, 2.75) is 47.7 Å². The molecule has 2 aromatic carbocycles. The van der Waals surface area contributed by atoms with Gasteiger partial charge in [0.05, 0.1) is 27.1 Å². The zero-order valence-electron chi connectivity index (χ0n) is 18.9. The average Bonchev–Trinajstić information content (AvgIpc) is 3.59. The fraction of sp³-hybridized carbons (Fsp3) is 0.304. The van der Waals surface area contributed by atoms with E-state index in [0.29, 0.717) is 23.6 Å². The number of carbonyl (C=O) groups excluding carboxylic acids is 1. The molecule has 1 N–H and O–H groups in total. The van der Waals surface area contributed by atoms with Gasteiger partial charge in [-0.2, -0.15) is 18.3 Å². The minimum absolute atomic E-state index is 0.0130. The molecule has 1 unspecified atom stereocenters. The number of methoxy groups -OCH3 is 1. The summed E-state index contributed by atoms with van der Waals surface area (Å²) in [6, 6.07) is 8.42. The van der Waals surface area contributed by atoms with Crippen molar-refractivity contribution in [3.8, 4) is 5.75 Å². The number of halogens is 5. The van der Waals surface area contributed by atoms with Crippen LogP contribution in [0.1, 0.15) is 43.1 Å². The van der Waals surface area contributed by atoms with Gasteiger partial charge in [-0.05, 0) is 72.1 Å². The molecule has 0 radical (unpaired) electrons. The predicted molar refractivity (Wildman–Crippen MR) is 130 cm³/mol. The summed E-state index contributed by atoms with van der Waals surface area (Å²) in [6.07, 6.45) is -3.31. The van der Waals surface area contributed by atoms with E-state index in [1.807, 2.05) is 0 Å². The number of benzene rings is 2. The second-order valence-electron chi connectivity index (χ2n) is 8.28. The Kier molecular flexibility index (Phi) is 7.15. The van der Waals surface area contributed by atoms with Gasteiger partial charge >= 0.3 is 6.18 Å². The molecule has 7 nitrogen and oxygen atoms in total. The van der Waals surface area contributed by atoms with E-state index in [-0.39, 0.29) is 31.6 Å². The number of ether oxygens (including phenoxy) is 1. The molecule has 1 aromatic heterocycles. The summed E-state index contributed by atoms with van der Waals surface area (Å²) in [6.45, 7) is 1.42. The molecule has 1 atom stereocenters. The minimum Gasteiger partial charge on any atom is -0.497 e. The fourth-order valence-corrected chi connectivity index (χ4v) is 5.91. The van der Waals surface area contributed by atoms with Gasteiger partial charge in [-0.25, -0.2) is 8.42 Å². The third kappa shape index (κ3) is 5.25. The van der Waals surface area contributed by atoms with Gasteiger partial charge in [0.2, 0.25) is 15.7 Å². The Morgan fingerprint density at radius 2 is 1.83 bits per heavy atom. The first-order valence-electron chi connectivity index (χ1n) is 10.7. The lowest BCUT2D eigenvalue weighted by atomic mass is 10.2. The third-order valence-corrected chi connectivity index (χ3v) is 8.47. The number of carbonyl (C=O) groups is 1. The first-order valence-corrected chi connectivity index (χ1v) is 13.3. The molecular weight excluding hydrogens is 587 g/mol. The van der Waals surface area contributed by atoms with Crippen molar-refractivity contribution in [3.63, 3.8) is 0 Å². The quantitative estimate of drug-likeness (QED) is 0.344. The highest BCUT2D eigenvalue weighted by molar-refractivity contribution is 9.10. The number of amides is 1. The van der Waals surface area contributed by atoms with Crippen molar-refractivity contribution >= 4 is 49.0 Å². The first-order chi connectivity index (χ1) is 16.8. The molecule has 192 valence electrons. The van der Waals surface area contributed by atoms with E-state index in [1.54, 1.807) is 0 Å². The third-order valence-electron chi connectivity index (χ3n) is 5.68. The number of nitrogens with one attached hydrogen (secondary N) is 1. The average molecular weight is 607 g/mol. The van der Waals surface area contributed by atoms with Gasteiger partial charge in [-0.15, -0.1) is 0 Å². The minimum atomic E-state index is -4.69. The molecule has 36 heavy (non-hydrogen) atoms. The van der Waals surface area contributed by atoms with Crippen molar-refractivity contribution in [2.24, 2.45) is 0 Å². The first kappa shape index (κ1) is 26.5. The van der Waals surface area contributed by atoms with Crippen LogP contribution in [0.5, 0.6) is 5.75 Å². The topological polar surface area (TPSA) is 90.3 Å². The summed E-state index contributed by atoms with van der Waals surface area (Å²) < 4.78 is 72.7. The number of hydrogen-bond acceptors (Lipinski definition) is 5. The summed E-state index contributed by atoms with van der Waals surface area (Å²) in [5.74, 6) is -0.650. The molecule has 0 bridgehead atoms. The van der Waals surface area contributed by atoms with Crippen molar-refractivity contribution < 1.29 is 31.1 Å². The lowest BCUT2D eigenvalue weighted by molar-refractivity contribution is -0.142. The Morgan fingerprint density at radius 3 is 2.39 bits per heavy atom. The molecule has 3 aromatic rings. The van der Waals surface area contributed by atoms with E-state index in [9.17, 15) is 26.4 Å². The van der Waals surface area contributed by atoms with Gasteiger partial charge in [0.1, 0.15) is 11.8 Å². The summed E-state index contributed by atoms with van der Waals surface area (Å²) in [5, 5.41) is 6.64. The number of alkyl halides is 3. The summed E-state index contributed by atoms with van der Waals surface area (Å²) in [5.41, 5.74) is -0.697. The maximum atomic E-state index is 13.5. The zero-order valence-corrected chi connectivity index (χ0v) is 22.1. The Labute approximate surface area is 218 Å². The van der Waals surface area contributed by atoms with E-state index >= 15 is 0 Å². The van der Waals surface area contributed by atoms with Gasteiger partial charge in [0, 0.05) is 22.7 Å². The zero-order chi connectivity index (χ0) is 26.4. The van der Waals surface area contributed by atoms with E-state index in [0.717, 1.165) is 4.68 Å². The Balaban J connectivity index is 1.66. The number of nitrogens with zero attached hydrogens (tertiary/aromatic N) is 2. The standard InChI is InChI=1S/C23H20BrClF3N3O4S/c1-12(31-20(13-3-4-13)19(24)21(30-31)23(26,27)28)22(32)29-15-9-16(35-2)11-18(10-15)36(33,34)17-7-5-14(25)6-8-17/h5-13H,3-4H2,1-2H3,(H,29,32). The summed E-state index contributed by atoms with van der Waals surface area (Å²) in [7, 11) is -2.65. The molecule has 1 amide bonds. The van der Waals surface area contributed by atoms with Crippen LogP contribution in [-0.4, -0.2) is 31.2 Å². The number of sulfone groups is 1. The van der Waals surface area contributed by atoms with Gasteiger partial charge < -0.3 is 10.1 Å². The molecule has 0 saturated heterocycles. The molecular formula is C23H20BrClF3N3O4S. The second kappa shape index (κ2) is 9.71. The monoisotopic (exact) mass is 605 g/mol. The lowest BCUT2D eigenvalue weighted by Crippen LogP contribution is -2.26. The van der Waals surface area contributed by atoms with Crippen LogP contribution < -0.4 is 10.1 Å². The van der Waals surface area contributed by atoms with E-state index in [1.165, 1.54) is 56.5 Å². The number of hydrogen-bond donors (Lipinski definition) is 1. The number of rotatable bonds is 7. The molecule has 1 fully saturated rings. The number of anilines is 1. The highest BCUT2D eigenvalue weighted by Crippen LogP contribution is 2.47. The predicted octanol–water partition coefficient (Wildman–Crippen LogP) is 6.24. The van der Waals surface area contributed by atoms with Gasteiger partial charge in [-0.3, -0.25) is 9.48 Å². The molecule has 0 spiro atoms. The van der Waals surface area contributed by atoms with E-state index in [2.05, 4.69) is 26.3 Å². The molecule has 0 aliphatic heterocycles. The van der Waals surface area contributed by atoms with Crippen LogP contribution in [0.25, 0.3) is 0 Å². The molecule has 1 heterocycles. The van der Waals surface area contributed by atoms with Crippen molar-refractivity contribution in [1.82, 2.24) is 9.78 Å². The summed E-state index contributed by atoms with van der Waals surface area (Å²) in [4.78, 5) is 12.9. The van der Waals surface area contributed by atoms with Crippen LogP contribution in [0.3, 0.4) is 0 Å². The maximum absolute atomic E-state index is 13.5. The molecule has 1 aliphatic carbocycles. The van der Waals surface area contributed by atoms with Crippen LogP contribution in [0.4, 0.5) is 18.9 Å². The second-order valence-corrected chi connectivity index (χ2v) is 11.5. The van der Waals surface area contributed by atoms with Crippen LogP contribution >= 0.6 is 27.5 Å². The van der Waals surface area contributed by atoms with Crippen molar-refractivity contribution in [2.75, 3.05) is 12.4 Å². The van der Waals surface area contributed by atoms with Crippen LogP contribution in [-0.2, 0) is 20.8 Å². The van der Waals surface area contributed by atoms with Crippen molar-refractivity contribution in [3.05, 3.63) is 63.3 Å². The SMILES string of the molecule is COc1cc(NC(=O)C(C)n2nc(C(F)(F)F)c(Br)c2C2CC2)cc(S(=O)(=O)c2ccc(Cl)cc2)c1. The Bertz CT molecular complexity index is 1420. The van der Waals surface area contributed by atoms with Crippen LogP contribution in [0.2, 0.25) is 5.02 Å². The van der Waals surface area contributed by atoms with Gasteiger partial charge in [0.15, 0.2) is 5.69 Å². The normalized spacial score (nSPS) is 15.0. The largest absolute Gasteiger partial charge is 0.497 e. The Morgan fingerprint density at radius 1 is 1.19 bits per heavy atom. The highest BCUT2D eigenvalue weighted by atomic mass is 79.9. The van der Waals surface area contributed by atoms with Crippen LogP contribution in [0.15, 0.2) is 56.7 Å². The maximum Gasteiger partial charge on any atom is 0.436 e. The van der Waals surface area contributed by atoms with E-state index in [4.69, 9.17) is 16.3 Å². The molecule has 1 saturated carbocycles. The molecule has 13 heteroatoms. The van der Waals surface area contributed by atoms with Crippen LogP contribution in [0, 0.1) is 0 Å². The van der Waals surface area contributed by atoms with Gasteiger partial charge in [-0.1, -0.05) is 11.6 Å². The molecule has 4 rings (SSSR count). The highest BCUT2D eigenvalue weighted by Gasteiger charge is 2.43. The smallest absolute Gasteiger partial charge is 0.436 e. The fourth-order valence-electron chi connectivity index (χ4n) is 3.65. The number of aromatic nitrogens is 2. The lowest BCUT2D eigenvalue weighted by Gasteiger charge is -2.17. The molecule has 1 aliphatic rings.